The number of halogens is 1. The summed E-state index contributed by atoms with van der Waals surface area (Å²) in [6.45, 7) is -0.124. The van der Waals surface area contributed by atoms with Crippen molar-refractivity contribution in [3.8, 4) is 0 Å². The summed E-state index contributed by atoms with van der Waals surface area (Å²) in [7, 11) is 1.42. The molecule has 0 spiro atoms. The van der Waals surface area contributed by atoms with E-state index in [1.165, 1.54) is 37.4 Å². The summed E-state index contributed by atoms with van der Waals surface area (Å²) in [4.78, 5) is 22.1. The van der Waals surface area contributed by atoms with Gasteiger partial charge in [0.2, 0.25) is 0 Å². The van der Waals surface area contributed by atoms with Crippen molar-refractivity contribution < 1.29 is 19.2 Å². The molecular formula is C16H16FN3O4. The second-order valence-corrected chi connectivity index (χ2v) is 4.99. The molecule has 1 amide bonds. The number of aliphatic hydroxyl groups excluding tert-OH is 1. The van der Waals surface area contributed by atoms with Crippen molar-refractivity contribution >= 4 is 17.3 Å². The highest BCUT2D eigenvalue weighted by Crippen LogP contribution is 2.27. The van der Waals surface area contributed by atoms with Crippen LogP contribution in [0.1, 0.15) is 22.0 Å². The van der Waals surface area contributed by atoms with Gasteiger partial charge in [-0.2, -0.15) is 0 Å². The predicted molar refractivity (Wildman–Crippen MR) is 86.3 cm³/mol. The number of aliphatic hydroxyl groups is 1. The number of nitrogens with zero attached hydrogens (tertiary/aromatic N) is 1. The van der Waals surface area contributed by atoms with Gasteiger partial charge in [-0.25, -0.2) is 4.39 Å². The normalized spacial score (nSPS) is 11.6. The van der Waals surface area contributed by atoms with Gasteiger partial charge in [0.25, 0.3) is 11.6 Å². The Balaban J connectivity index is 2.19. The molecule has 126 valence electrons. The van der Waals surface area contributed by atoms with Gasteiger partial charge in [-0.1, -0.05) is 18.2 Å². The Morgan fingerprint density at radius 3 is 2.67 bits per heavy atom. The topological polar surface area (TPSA) is 104 Å². The molecule has 8 heteroatoms. The molecule has 7 nitrogen and oxygen atoms in total. The molecule has 0 aromatic heterocycles. The largest absolute Gasteiger partial charge is 0.386 e. The first kappa shape index (κ1) is 17.4. The maximum absolute atomic E-state index is 13.6. The van der Waals surface area contributed by atoms with Crippen LogP contribution < -0.4 is 10.6 Å². The molecular weight excluding hydrogens is 317 g/mol. The Hall–Kier alpha value is -3.00. The van der Waals surface area contributed by atoms with Crippen molar-refractivity contribution in [3.63, 3.8) is 0 Å². The van der Waals surface area contributed by atoms with E-state index in [-0.39, 0.29) is 29.0 Å². The third kappa shape index (κ3) is 3.85. The number of nitrogens with one attached hydrogen (secondary N) is 2. The highest BCUT2D eigenvalue weighted by molar-refractivity contribution is 5.95. The second-order valence-electron chi connectivity index (χ2n) is 4.99. The lowest BCUT2D eigenvalue weighted by atomic mass is 10.1. The summed E-state index contributed by atoms with van der Waals surface area (Å²) >= 11 is 0. The number of carbonyl (C=O) groups is 1. The van der Waals surface area contributed by atoms with Crippen LogP contribution in [0.15, 0.2) is 42.5 Å². The first-order valence-electron chi connectivity index (χ1n) is 7.11. The average molecular weight is 333 g/mol. The summed E-state index contributed by atoms with van der Waals surface area (Å²) < 4.78 is 13.6. The van der Waals surface area contributed by atoms with Gasteiger partial charge < -0.3 is 15.7 Å². The molecule has 3 N–H and O–H groups in total. The van der Waals surface area contributed by atoms with Crippen LogP contribution in [-0.4, -0.2) is 29.5 Å². The van der Waals surface area contributed by atoms with Gasteiger partial charge in [0.05, 0.1) is 11.0 Å². The summed E-state index contributed by atoms with van der Waals surface area (Å²) in [5.74, 6) is -1.01. The van der Waals surface area contributed by atoms with Crippen LogP contribution in [0.25, 0.3) is 0 Å². The second kappa shape index (κ2) is 7.51. The molecule has 0 saturated carbocycles. The summed E-state index contributed by atoms with van der Waals surface area (Å²) in [6.07, 6.45) is -1.18. The summed E-state index contributed by atoms with van der Waals surface area (Å²) in [5, 5.41) is 26.3. The maximum atomic E-state index is 13.6. The van der Waals surface area contributed by atoms with Crippen LogP contribution in [0.4, 0.5) is 15.8 Å². The fourth-order valence-corrected chi connectivity index (χ4v) is 2.18. The van der Waals surface area contributed by atoms with E-state index in [0.29, 0.717) is 0 Å². The lowest BCUT2D eigenvalue weighted by Gasteiger charge is -2.14. The van der Waals surface area contributed by atoms with Crippen molar-refractivity contribution in [1.82, 2.24) is 5.32 Å². The van der Waals surface area contributed by atoms with Gasteiger partial charge >= 0.3 is 0 Å². The molecule has 0 aliphatic carbocycles. The van der Waals surface area contributed by atoms with E-state index in [0.717, 1.165) is 6.07 Å². The van der Waals surface area contributed by atoms with E-state index in [4.69, 9.17) is 0 Å². The van der Waals surface area contributed by atoms with Gasteiger partial charge in [-0.15, -0.1) is 0 Å². The number of anilines is 1. The fraction of sp³-hybridized carbons (Fsp3) is 0.188. The molecule has 2 rings (SSSR count). The van der Waals surface area contributed by atoms with Crippen molar-refractivity contribution in [1.29, 1.82) is 0 Å². The van der Waals surface area contributed by atoms with Crippen LogP contribution in [0.5, 0.6) is 0 Å². The quantitative estimate of drug-likeness (QED) is 0.555. The first-order valence-corrected chi connectivity index (χ1v) is 7.11. The zero-order valence-corrected chi connectivity index (χ0v) is 12.8. The number of carbonyl (C=O) groups excluding carboxylic acids is 1. The lowest BCUT2D eigenvalue weighted by Crippen LogP contribution is -2.18. The van der Waals surface area contributed by atoms with Crippen LogP contribution in [-0.2, 0) is 0 Å². The zero-order chi connectivity index (χ0) is 17.7. The van der Waals surface area contributed by atoms with Gasteiger partial charge in [0.1, 0.15) is 11.5 Å². The number of nitro groups is 1. The molecule has 0 unspecified atom stereocenters. The molecule has 2 aromatic carbocycles. The summed E-state index contributed by atoms with van der Waals surface area (Å²) in [6, 6.07) is 9.67. The Morgan fingerprint density at radius 2 is 2.04 bits per heavy atom. The minimum absolute atomic E-state index is 0.0923. The SMILES string of the molecule is CNC(=O)c1ccc(NC[C@@H](O)c2ccccc2F)c([N+](=O)[O-])c1. The Kier molecular flexibility index (Phi) is 5.43. The molecule has 0 aliphatic heterocycles. The highest BCUT2D eigenvalue weighted by Gasteiger charge is 2.19. The third-order valence-corrected chi connectivity index (χ3v) is 3.43. The van der Waals surface area contributed by atoms with E-state index in [9.17, 15) is 24.4 Å². The highest BCUT2D eigenvalue weighted by atomic mass is 19.1. The van der Waals surface area contributed by atoms with Gasteiger partial charge in [0.15, 0.2) is 0 Å². The maximum Gasteiger partial charge on any atom is 0.293 e. The molecule has 0 heterocycles. The number of benzene rings is 2. The van der Waals surface area contributed by atoms with Crippen LogP contribution in [0, 0.1) is 15.9 Å². The standard InChI is InChI=1S/C16H16FN3O4/c1-18-16(22)10-6-7-13(14(8-10)20(23)24)19-9-15(21)11-4-2-3-5-12(11)17/h2-8,15,19,21H,9H2,1H3,(H,18,22)/t15-/m1/s1. The zero-order valence-electron chi connectivity index (χ0n) is 12.8. The van der Waals surface area contributed by atoms with Crippen LogP contribution in [0.3, 0.4) is 0 Å². The van der Waals surface area contributed by atoms with E-state index in [1.807, 2.05) is 0 Å². The average Bonchev–Trinajstić information content (AvgIpc) is 2.59. The molecule has 0 radical (unpaired) electrons. The smallest absolute Gasteiger partial charge is 0.293 e. The first-order chi connectivity index (χ1) is 11.4. The van der Waals surface area contributed by atoms with Gasteiger partial charge in [-0.3, -0.25) is 14.9 Å². The Labute approximate surface area is 137 Å². The number of hydrogen-bond donors (Lipinski definition) is 3. The van der Waals surface area contributed by atoms with Gasteiger partial charge in [-0.05, 0) is 18.2 Å². The molecule has 2 aromatic rings. The lowest BCUT2D eigenvalue weighted by molar-refractivity contribution is -0.384. The molecule has 0 saturated heterocycles. The predicted octanol–water partition coefficient (Wildman–Crippen LogP) is 2.24. The monoisotopic (exact) mass is 333 g/mol. The summed E-state index contributed by atoms with van der Waals surface area (Å²) in [5.41, 5.74) is 0.0545. The van der Waals surface area contributed by atoms with Crippen LogP contribution >= 0.6 is 0 Å². The molecule has 1 atom stereocenters. The van der Waals surface area contributed by atoms with E-state index in [2.05, 4.69) is 10.6 Å². The number of hydrogen-bond acceptors (Lipinski definition) is 5. The number of nitro benzene ring substituents is 1. The van der Waals surface area contributed by atoms with E-state index in [1.54, 1.807) is 6.07 Å². The molecule has 0 bridgehead atoms. The minimum atomic E-state index is -1.18. The Bertz CT molecular complexity index is 767. The molecule has 24 heavy (non-hydrogen) atoms. The van der Waals surface area contributed by atoms with Crippen LogP contribution in [0.2, 0.25) is 0 Å². The number of rotatable bonds is 6. The van der Waals surface area contributed by atoms with E-state index < -0.39 is 22.8 Å². The van der Waals surface area contributed by atoms with E-state index >= 15 is 0 Å². The van der Waals surface area contributed by atoms with Crippen molar-refractivity contribution in [2.45, 2.75) is 6.10 Å². The Morgan fingerprint density at radius 1 is 1.33 bits per heavy atom. The number of amides is 1. The fourth-order valence-electron chi connectivity index (χ4n) is 2.18. The molecule has 0 aliphatic rings. The minimum Gasteiger partial charge on any atom is -0.386 e. The van der Waals surface area contributed by atoms with Crippen molar-refractivity contribution in [2.24, 2.45) is 0 Å². The van der Waals surface area contributed by atoms with Crippen molar-refractivity contribution in [2.75, 3.05) is 18.9 Å². The van der Waals surface area contributed by atoms with Crippen molar-refractivity contribution in [3.05, 3.63) is 69.5 Å². The molecule has 0 fully saturated rings. The third-order valence-electron chi connectivity index (χ3n) is 3.43. The van der Waals surface area contributed by atoms with Gasteiger partial charge in [0, 0.05) is 30.8 Å².